The number of likely N-dealkylation sites (tertiary alicyclic amines) is 1. The second-order valence-electron chi connectivity index (χ2n) is 5.70. The lowest BCUT2D eigenvalue weighted by Crippen LogP contribution is -2.32. The van der Waals surface area contributed by atoms with Crippen LogP contribution in [0, 0.1) is 6.92 Å². The molecule has 6 heteroatoms. The zero-order valence-corrected chi connectivity index (χ0v) is 12.8. The van der Waals surface area contributed by atoms with Gasteiger partial charge in [0.1, 0.15) is 0 Å². The molecule has 1 aromatic carbocycles. The number of hydrogen-bond acceptors (Lipinski definition) is 6. The Morgan fingerprint density at radius 2 is 2.14 bits per heavy atom. The van der Waals surface area contributed by atoms with Gasteiger partial charge in [-0.15, -0.1) is 5.10 Å². The lowest BCUT2D eigenvalue weighted by Gasteiger charge is -2.24. The predicted octanol–water partition coefficient (Wildman–Crippen LogP) is 1.95. The van der Waals surface area contributed by atoms with E-state index in [2.05, 4.69) is 38.6 Å². The lowest BCUT2D eigenvalue weighted by atomic mass is 10.1. The average molecular weight is 302 g/mol. The minimum atomic E-state index is 0.238. The Balaban J connectivity index is 1.67. The first-order valence-corrected chi connectivity index (χ1v) is 7.72. The molecule has 1 fully saturated rings. The van der Waals surface area contributed by atoms with Crippen molar-refractivity contribution in [3.63, 3.8) is 0 Å². The molecule has 2 aromatic rings. The van der Waals surface area contributed by atoms with E-state index < -0.39 is 0 Å². The minimum Gasteiger partial charge on any atom is -0.408 e. The molecule has 1 aliphatic heterocycles. The van der Waals surface area contributed by atoms with Gasteiger partial charge in [-0.2, -0.15) is 0 Å². The Morgan fingerprint density at radius 1 is 1.32 bits per heavy atom. The van der Waals surface area contributed by atoms with Crippen LogP contribution in [0.5, 0.6) is 0 Å². The van der Waals surface area contributed by atoms with Crippen LogP contribution in [0.2, 0.25) is 0 Å². The number of hydrogen-bond donors (Lipinski definition) is 2. The van der Waals surface area contributed by atoms with E-state index in [-0.39, 0.29) is 6.61 Å². The van der Waals surface area contributed by atoms with Crippen LogP contribution in [0.15, 0.2) is 28.7 Å². The molecule has 0 amide bonds. The molecule has 0 unspecified atom stereocenters. The summed E-state index contributed by atoms with van der Waals surface area (Å²) in [6.45, 7) is 4.58. The molecule has 6 nitrogen and oxygen atoms in total. The maximum absolute atomic E-state index is 9.46. The smallest absolute Gasteiger partial charge is 0.315 e. The second-order valence-corrected chi connectivity index (χ2v) is 5.70. The number of rotatable bonds is 6. The Morgan fingerprint density at radius 3 is 2.86 bits per heavy atom. The van der Waals surface area contributed by atoms with Crippen molar-refractivity contribution in [1.29, 1.82) is 0 Å². The zero-order valence-electron chi connectivity index (χ0n) is 12.8. The Hall–Kier alpha value is -1.92. The van der Waals surface area contributed by atoms with Gasteiger partial charge in [-0.25, -0.2) is 0 Å². The summed E-state index contributed by atoms with van der Waals surface area (Å²) in [4.78, 5) is 2.36. The Bertz CT molecular complexity index is 614. The van der Waals surface area contributed by atoms with Gasteiger partial charge in [0.05, 0.1) is 6.61 Å². The molecule has 1 saturated heterocycles. The standard InChI is InChI=1S/C16H22N4O2/c1-12-18-19-16(22-12)17-9-13-5-2-3-6-14(13)10-20-8-4-7-15(20)11-21/h2-3,5-6,15,21H,4,7-11H2,1H3,(H,17,19)/t15-/m0/s1. The van der Waals surface area contributed by atoms with Crippen molar-refractivity contribution in [3.8, 4) is 0 Å². The minimum absolute atomic E-state index is 0.238. The summed E-state index contributed by atoms with van der Waals surface area (Å²) in [7, 11) is 0. The number of nitrogens with one attached hydrogen (secondary N) is 1. The topological polar surface area (TPSA) is 74.4 Å². The molecular formula is C16H22N4O2. The van der Waals surface area contributed by atoms with Gasteiger partial charge >= 0.3 is 6.01 Å². The van der Waals surface area contributed by atoms with Crippen LogP contribution in [-0.2, 0) is 13.1 Å². The summed E-state index contributed by atoms with van der Waals surface area (Å²) >= 11 is 0. The molecule has 3 rings (SSSR count). The van der Waals surface area contributed by atoms with Crippen LogP contribution >= 0.6 is 0 Å². The van der Waals surface area contributed by atoms with Crippen LogP contribution in [0.4, 0.5) is 6.01 Å². The highest BCUT2D eigenvalue weighted by atomic mass is 16.4. The van der Waals surface area contributed by atoms with Crippen LogP contribution in [-0.4, -0.2) is 39.4 Å². The van der Waals surface area contributed by atoms with Crippen molar-refractivity contribution in [3.05, 3.63) is 41.3 Å². The summed E-state index contributed by atoms with van der Waals surface area (Å²) in [5.41, 5.74) is 2.48. The van der Waals surface area contributed by atoms with Crippen molar-refractivity contribution in [2.24, 2.45) is 0 Å². The third-order valence-electron chi connectivity index (χ3n) is 4.16. The second kappa shape index (κ2) is 6.89. The van der Waals surface area contributed by atoms with E-state index in [0.29, 0.717) is 24.5 Å². The summed E-state index contributed by atoms with van der Waals surface area (Å²) in [5.74, 6) is 0.554. The summed E-state index contributed by atoms with van der Waals surface area (Å²) < 4.78 is 5.34. The van der Waals surface area contributed by atoms with Crippen LogP contribution in [0.1, 0.15) is 29.9 Å². The quantitative estimate of drug-likeness (QED) is 0.849. The highest BCUT2D eigenvalue weighted by Gasteiger charge is 2.24. The molecule has 1 atom stereocenters. The fourth-order valence-electron chi connectivity index (χ4n) is 2.95. The zero-order chi connectivity index (χ0) is 15.4. The monoisotopic (exact) mass is 302 g/mol. The van der Waals surface area contributed by atoms with Crippen molar-refractivity contribution < 1.29 is 9.52 Å². The number of aryl methyl sites for hydroxylation is 1. The first kappa shape index (κ1) is 15.0. The fourth-order valence-corrected chi connectivity index (χ4v) is 2.95. The Labute approximate surface area is 130 Å². The van der Waals surface area contributed by atoms with E-state index in [1.807, 2.05) is 6.07 Å². The van der Waals surface area contributed by atoms with E-state index in [1.165, 1.54) is 11.1 Å². The SMILES string of the molecule is Cc1nnc(NCc2ccccc2CN2CCC[C@H]2CO)o1. The first-order valence-electron chi connectivity index (χ1n) is 7.72. The van der Waals surface area contributed by atoms with Gasteiger partial charge in [0.25, 0.3) is 0 Å². The number of benzene rings is 1. The molecule has 0 saturated carbocycles. The molecule has 0 bridgehead atoms. The highest BCUT2D eigenvalue weighted by Crippen LogP contribution is 2.21. The number of aliphatic hydroxyl groups is 1. The van der Waals surface area contributed by atoms with E-state index in [4.69, 9.17) is 4.42 Å². The largest absolute Gasteiger partial charge is 0.408 e. The molecule has 118 valence electrons. The third-order valence-corrected chi connectivity index (χ3v) is 4.16. The number of anilines is 1. The Kier molecular flexibility index (Phi) is 4.70. The van der Waals surface area contributed by atoms with Crippen LogP contribution in [0.3, 0.4) is 0 Å². The van der Waals surface area contributed by atoms with Gasteiger partial charge < -0.3 is 14.8 Å². The van der Waals surface area contributed by atoms with E-state index in [0.717, 1.165) is 25.9 Å². The van der Waals surface area contributed by atoms with E-state index in [9.17, 15) is 5.11 Å². The molecule has 1 aromatic heterocycles. The van der Waals surface area contributed by atoms with Gasteiger partial charge in [0, 0.05) is 26.1 Å². The van der Waals surface area contributed by atoms with Crippen molar-refractivity contribution in [1.82, 2.24) is 15.1 Å². The summed E-state index contributed by atoms with van der Waals surface area (Å²) in [6.07, 6.45) is 2.24. The third kappa shape index (κ3) is 3.45. The number of aliphatic hydroxyl groups excluding tert-OH is 1. The first-order chi connectivity index (χ1) is 10.8. The molecular weight excluding hydrogens is 280 g/mol. The van der Waals surface area contributed by atoms with E-state index in [1.54, 1.807) is 6.92 Å². The molecule has 22 heavy (non-hydrogen) atoms. The fraction of sp³-hybridized carbons (Fsp3) is 0.500. The molecule has 0 radical (unpaired) electrons. The van der Waals surface area contributed by atoms with E-state index >= 15 is 0 Å². The molecule has 2 N–H and O–H groups in total. The lowest BCUT2D eigenvalue weighted by molar-refractivity contribution is 0.153. The molecule has 0 aliphatic carbocycles. The highest BCUT2D eigenvalue weighted by molar-refractivity contribution is 5.31. The maximum Gasteiger partial charge on any atom is 0.315 e. The number of aromatic nitrogens is 2. The summed E-state index contributed by atoms with van der Waals surface area (Å²) in [5, 5.41) is 20.4. The van der Waals surface area contributed by atoms with Gasteiger partial charge in [-0.05, 0) is 30.5 Å². The van der Waals surface area contributed by atoms with Crippen molar-refractivity contribution >= 4 is 6.01 Å². The van der Waals surface area contributed by atoms with Crippen molar-refractivity contribution in [2.45, 2.75) is 38.9 Å². The number of nitrogens with zero attached hydrogens (tertiary/aromatic N) is 3. The summed E-state index contributed by atoms with van der Waals surface area (Å²) in [6, 6.07) is 9.08. The molecule has 1 aliphatic rings. The molecule has 2 heterocycles. The predicted molar refractivity (Wildman–Crippen MR) is 83.3 cm³/mol. The van der Waals surface area contributed by atoms with Crippen LogP contribution in [0.25, 0.3) is 0 Å². The normalized spacial score (nSPS) is 18.7. The van der Waals surface area contributed by atoms with Gasteiger partial charge in [0.15, 0.2) is 0 Å². The van der Waals surface area contributed by atoms with Gasteiger partial charge in [-0.3, -0.25) is 4.90 Å². The average Bonchev–Trinajstić information content (AvgIpc) is 3.15. The van der Waals surface area contributed by atoms with Crippen molar-refractivity contribution in [2.75, 3.05) is 18.5 Å². The maximum atomic E-state index is 9.46. The van der Waals surface area contributed by atoms with Crippen LogP contribution < -0.4 is 5.32 Å². The molecule has 0 spiro atoms. The van der Waals surface area contributed by atoms with Gasteiger partial charge in [-0.1, -0.05) is 29.4 Å². The van der Waals surface area contributed by atoms with Gasteiger partial charge in [0.2, 0.25) is 5.89 Å².